The number of unbranched alkanes of at least 4 members (excludes halogenated alkanes) is 1. The summed E-state index contributed by atoms with van der Waals surface area (Å²) in [6, 6.07) is 0.283. The molecule has 0 aromatic heterocycles. The Labute approximate surface area is 84.4 Å². The first-order chi connectivity index (χ1) is 6.58. The fourth-order valence-corrected chi connectivity index (χ4v) is 0.938. The highest BCUT2D eigenvalue weighted by atomic mass is 16.4. The molecule has 0 aliphatic carbocycles. The largest absolute Gasteiger partial charge is 0.451 e. The molecule has 0 saturated heterocycles. The van der Waals surface area contributed by atoms with E-state index in [1.165, 1.54) is 0 Å². The van der Waals surface area contributed by atoms with Gasteiger partial charge in [0.2, 0.25) is 0 Å². The van der Waals surface area contributed by atoms with E-state index in [0.717, 1.165) is 25.7 Å². The normalized spacial score (nSPS) is 10.9. The zero-order valence-corrected chi connectivity index (χ0v) is 8.48. The van der Waals surface area contributed by atoms with Gasteiger partial charge < -0.3 is 15.8 Å². The smallest absolute Gasteiger partial charge is 0.427 e. The molecule has 82 valence electrons. The molecular formula is C8H18BNO4. The van der Waals surface area contributed by atoms with E-state index in [1.807, 2.05) is 0 Å². The maximum absolute atomic E-state index is 8.50. The lowest BCUT2D eigenvalue weighted by Crippen LogP contribution is -2.18. The van der Waals surface area contributed by atoms with Crippen LogP contribution in [-0.4, -0.2) is 29.4 Å². The lowest BCUT2D eigenvalue weighted by molar-refractivity contribution is -0.191. The maximum atomic E-state index is 8.50. The minimum absolute atomic E-state index is 0.250. The van der Waals surface area contributed by atoms with Crippen LogP contribution in [0.1, 0.15) is 32.6 Å². The van der Waals surface area contributed by atoms with Gasteiger partial charge in [-0.25, -0.2) is 0 Å². The summed E-state index contributed by atoms with van der Waals surface area (Å²) in [7, 11) is -1.15. The number of nitrogens with two attached hydrogens (primary N) is 1. The highest BCUT2D eigenvalue weighted by Gasteiger charge is 2.05. The molecule has 0 saturated carbocycles. The SMILES string of the molecule is CC[C@H](N)CCCCB(O)O.O=C=O. The second kappa shape index (κ2) is 12.3. The monoisotopic (exact) mass is 203 g/mol. The van der Waals surface area contributed by atoms with Gasteiger partial charge >= 0.3 is 13.3 Å². The Morgan fingerprint density at radius 2 is 1.86 bits per heavy atom. The minimum Gasteiger partial charge on any atom is -0.427 e. The van der Waals surface area contributed by atoms with Crippen LogP contribution in [0.5, 0.6) is 0 Å². The van der Waals surface area contributed by atoms with E-state index in [9.17, 15) is 0 Å². The molecule has 0 rings (SSSR count). The van der Waals surface area contributed by atoms with Crippen molar-refractivity contribution in [3.63, 3.8) is 0 Å². The van der Waals surface area contributed by atoms with Crippen LogP contribution < -0.4 is 5.73 Å². The van der Waals surface area contributed by atoms with Crippen molar-refractivity contribution >= 4 is 13.3 Å². The first-order valence-corrected chi connectivity index (χ1v) is 4.69. The molecule has 0 aromatic carbocycles. The fraction of sp³-hybridized carbons (Fsp3) is 0.875. The van der Waals surface area contributed by atoms with Crippen LogP contribution >= 0.6 is 0 Å². The molecule has 0 radical (unpaired) electrons. The molecule has 0 spiro atoms. The first-order valence-electron chi connectivity index (χ1n) is 4.69. The van der Waals surface area contributed by atoms with E-state index in [4.69, 9.17) is 25.4 Å². The summed E-state index contributed by atoms with van der Waals surface area (Å²) < 4.78 is 0. The summed E-state index contributed by atoms with van der Waals surface area (Å²) in [4.78, 5) is 16.2. The Morgan fingerprint density at radius 3 is 2.21 bits per heavy atom. The van der Waals surface area contributed by atoms with E-state index in [0.29, 0.717) is 6.32 Å². The summed E-state index contributed by atoms with van der Waals surface area (Å²) in [5.41, 5.74) is 5.66. The van der Waals surface area contributed by atoms with Gasteiger partial charge in [-0.05, 0) is 19.2 Å². The lowest BCUT2D eigenvalue weighted by atomic mass is 9.83. The summed E-state index contributed by atoms with van der Waals surface area (Å²) in [5, 5.41) is 17.0. The third-order valence-corrected chi connectivity index (χ3v) is 1.81. The molecule has 5 nitrogen and oxygen atoms in total. The van der Waals surface area contributed by atoms with Crippen molar-refractivity contribution in [2.45, 2.75) is 45.0 Å². The molecule has 0 amide bonds. The Hall–Kier alpha value is -0.675. The van der Waals surface area contributed by atoms with Gasteiger partial charge in [0, 0.05) is 6.04 Å². The maximum Gasteiger partial charge on any atom is 0.451 e. The van der Waals surface area contributed by atoms with E-state index < -0.39 is 7.12 Å². The molecule has 0 aliphatic rings. The molecular weight excluding hydrogens is 185 g/mol. The predicted octanol–water partition coefficient (Wildman–Crippen LogP) is -0.217. The molecule has 0 heterocycles. The second-order valence-corrected chi connectivity index (χ2v) is 3.02. The number of rotatable bonds is 6. The zero-order chi connectivity index (χ0) is 11.4. The van der Waals surface area contributed by atoms with Crippen molar-refractivity contribution in [2.24, 2.45) is 5.73 Å². The van der Waals surface area contributed by atoms with Crippen molar-refractivity contribution in [3.05, 3.63) is 0 Å². The van der Waals surface area contributed by atoms with Gasteiger partial charge in [-0.15, -0.1) is 0 Å². The highest BCUT2D eigenvalue weighted by molar-refractivity contribution is 6.40. The Kier molecular flexibility index (Phi) is 13.9. The Balaban J connectivity index is 0. The molecule has 4 N–H and O–H groups in total. The average molecular weight is 203 g/mol. The molecule has 6 heteroatoms. The fourth-order valence-electron chi connectivity index (χ4n) is 0.938. The van der Waals surface area contributed by atoms with Crippen LogP contribution in [0.3, 0.4) is 0 Å². The Bertz CT molecular complexity index is 148. The average Bonchev–Trinajstić information content (AvgIpc) is 2.13. The van der Waals surface area contributed by atoms with Gasteiger partial charge in [-0.3, -0.25) is 0 Å². The van der Waals surface area contributed by atoms with E-state index in [1.54, 1.807) is 0 Å². The summed E-state index contributed by atoms with van der Waals surface area (Å²) in [5.74, 6) is 0. The van der Waals surface area contributed by atoms with Gasteiger partial charge in [-0.1, -0.05) is 19.8 Å². The molecule has 0 aromatic rings. The zero-order valence-electron chi connectivity index (χ0n) is 8.48. The van der Waals surface area contributed by atoms with Crippen molar-refractivity contribution in [2.75, 3.05) is 0 Å². The Morgan fingerprint density at radius 1 is 1.36 bits per heavy atom. The van der Waals surface area contributed by atoms with Crippen LogP contribution in [0.15, 0.2) is 0 Å². The molecule has 1 atom stereocenters. The quantitative estimate of drug-likeness (QED) is 0.409. The predicted molar refractivity (Wildman–Crippen MR) is 52.1 cm³/mol. The van der Waals surface area contributed by atoms with Gasteiger partial charge in [0.15, 0.2) is 0 Å². The number of hydrogen-bond donors (Lipinski definition) is 3. The molecule has 0 aliphatic heterocycles. The van der Waals surface area contributed by atoms with Gasteiger partial charge in [0.25, 0.3) is 0 Å². The molecule has 0 bridgehead atoms. The van der Waals surface area contributed by atoms with Crippen molar-refractivity contribution in [1.82, 2.24) is 0 Å². The first kappa shape index (κ1) is 15.8. The number of hydrogen-bond acceptors (Lipinski definition) is 5. The van der Waals surface area contributed by atoms with Crippen LogP contribution in [-0.2, 0) is 9.59 Å². The van der Waals surface area contributed by atoms with Crippen LogP contribution in [0.4, 0.5) is 0 Å². The van der Waals surface area contributed by atoms with Crippen LogP contribution in [0.2, 0.25) is 6.32 Å². The van der Waals surface area contributed by atoms with Crippen LogP contribution in [0, 0.1) is 0 Å². The standard InChI is InChI=1S/C7H18BNO2.CO2/c1-2-7(9)5-3-4-6-8(10)11;2-1-3/h7,10-11H,2-6,9H2,1H3;/t7-;/m0./s1. The summed E-state index contributed by atoms with van der Waals surface area (Å²) >= 11 is 0. The third kappa shape index (κ3) is 17.4. The van der Waals surface area contributed by atoms with Crippen LogP contribution in [0.25, 0.3) is 0 Å². The highest BCUT2D eigenvalue weighted by Crippen LogP contribution is 2.05. The van der Waals surface area contributed by atoms with Gasteiger partial charge in [-0.2, -0.15) is 9.59 Å². The molecule has 14 heavy (non-hydrogen) atoms. The molecule has 0 fully saturated rings. The van der Waals surface area contributed by atoms with Gasteiger partial charge in [0.1, 0.15) is 0 Å². The van der Waals surface area contributed by atoms with E-state index in [-0.39, 0.29) is 12.2 Å². The lowest BCUT2D eigenvalue weighted by Gasteiger charge is -2.06. The van der Waals surface area contributed by atoms with Crippen molar-refractivity contribution in [3.8, 4) is 0 Å². The van der Waals surface area contributed by atoms with Crippen molar-refractivity contribution in [1.29, 1.82) is 0 Å². The topological polar surface area (TPSA) is 101 Å². The minimum atomic E-state index is -1.15. The van der Waals surface area contributed by atoms with E-state index >= 15 is 0 Å². The van der Waals surface area contributed by atoms with E-state index in [2.05, 4.69) is 6.92 Å². The van der Waals surface area contributed by atoms with Gasteiger partial charge in [0.05, 0.1) is 0 Å². The third-order valence-electron chi connectivity index (χ3n) is 1.81. The summed E-state index contributed by atoms with van der Waals surface area (Å²) in [6.07, 6.45) is 4.55. The summed E-state index contributed by atoms with van der Waals surface area (Å²) in [6.45, 7) is 2.06. The second-order valence-electron chi connectivity index (χ2n) is 3.02. The molecule has 0 unspecified atom stereocenters. The number of carbonyl (C=O) groups excluding carboxylic acids is 2. The van der Waals surface area contributed by atoms with Crippen molar-refractivity contribution < 1.29 is 19.6 Å².